The number of nitrogens with two attached hydrogens (primary N) is 1. The number of likely N-dealkylation sites (N-methyl/N-ethyl adjacent to an activating group) is 1. The maximum atomic E-state index is 12.8. The van der Waals surface area contributed by atoms with E-state index in [2.05, 4.69) is 10.3 Å². The fourth-order valence-electron chi connectivity index (χ4n) is 4.60. The molecule has 1 aromatic rings. The third kappa shape index (κ3) is 4.62. The van der Waals surface area contributed by atoms with Crippen molar-refractivity contribution in [3.05, 3.63) is 23.9 Å². The molecule has 0 aliphatic heterocycles. The van der Waals surface area contributed by atoms with Crippen LogP contribution < -0.4 is 15.8 Å². The van der Waals surface area contributed by atoms with Crippen molar-refractivity contribution in [2.75, 3.05) is 7.05 Å². The van der Waals surface area contributed by atoms with Crippen molar-refractivity contribution in [2.45, 2.75) is 69.7 Å². The highest BCUT2D eigenvalue weighted by atomic mass is 16.5. The molecule has 1 unspecified atom stereocenters. The van der Waals surface area contributed by atoms with Crippen LogP contribution in [0.25, 0.3) is 0 Å². The number of amides is 3. The lowest BCUT2D eigenvalue weighted by Gasteiger charge is -2.58. The topological polar surface area (TPSA) is 135 Å². The van der Waals surface area contributed by atoms with E-state index in [1.54, 1.807) is 39.2 Å². The molecule has 1 aromatic heterocycles. The van der Waals surface area contributed by atoms with Gasteiger partial charge in [-0.15, -0.1) is 0 Å². The molecule has 1 heterocycles. The molecule has 164 valence electrons. The van der Waals surface area contributed by atoms with Crippen LogP contribution in [0.4, 0.5) is 0 Å². The van der Waals surface area contributed by atoms with Crippen molar-refractivity contribution in [2.24, 2.45) is 11.1 Å². The molecule has 2 aliphatic rings. The van der Waals surface area contributed by atoms with Crippen molar-refractivity contribution in [1.82, 2.24) is 15.2 Å². The van der Waals surface area contributed by atoms with Crippen LogP contribution in [0.1, 0.15) is 56.3 Å². The van der Waals surface area contributed by atoms with Crippen molar-refractivity contribution < 1.29 is 24.2 Å². The standard InChI is InChI=1S/C21H30N4O5/c1-20(2,29)11-16(23-3)19(28)25(12-26)13-7-21(8-13)9-14(10-21)30-18-15(17(22)27)5-4-6-24-18/h4-6,12-14,16,23,29H,7-11H2,1-3H3,(H2,22,27). The van der Waals surface area contributed by atoms with E-state index < -0.39 is 17.6 Å². The van der Waals surface area contributed by atoms with Crippen molar-refractivity contribution in [1.29, 1.82) is 0 Å². The highest BCUT2D eigenvalue weighted by Crippen LogP contribution is 2.58. The minimum atomic E-state index is -1.02. The van der Waals surface area contributed by atoms with Gasteiger partial charge < -0.3 is 20.9 Å². The van der Waals surface area contributed by atoms with Gasteiger partial charge in [-0.3, -0.25) is 19.3 Å². The first kappa shape index (κ1) is 22.2. The number of carbonyl (C=O) groups excluding carboxylic acids is 3. The molecule has 1 spiro atoms. The molecule has 3 amide bonds. The highest BCUT2D eigenvalue weighted by Gasteiger charge is 2.56. The Balaban J connectivity index is 1.54. The predicted molar refractivity (Wildman–Crippen MR) is 109 cm³/mol. The normalized spacial score (nSPS) is 26.3. The van der Waals surface area contributed by atoms with Gasteiger partial charge in [0.15, 0.2) is 0 Å². The first-order valence-electron chi connectivity index (χ1n) is 10.2. The number of pyridine rings is 1. The lowest BCUT2D eigenvalue weighted by Crippen LogP contribution is -2.61. The van der Waals surface area contributed by atoms with E-state index in [1.165, 1.54) is 4.90 Å². The largest absolute Gasteiger partial charge is 0.474 e. The lowest BCUT2D eigenvalue weighted by molar-refractivity contribution is -0.157. The monoisotopic (exact) mass is 418 g/mol. The van der Waals surface area contributed by atoms with Crippen LogP contribution in [0.5, 0.6) is 5.88 Å². The average molecular weight is 418 g/mol. The number of aromatic nitrogens is 1. The van der Waals surface area contributed by atoms with Crippen LogP contribution in [0, 0.1) is 5.41 Å². The summed E-state index contributed by atoms with van der Waals surface area (Å²) in [5, 5.41) is 12.9. The summed E-state index contributed by atoms with van der Waals surface area (Å²) in [6.07, 6.45) is 5.29. The average Bonchev–Trinajstić information content (AvgIpc) is 2.61. The third-order valence-corrected chi connectivity index (χ3v) is 6.09. The molecule has 0 bridgehead atoms. The summed E-state index contributed by atoms with van der Waals surface area (Å²) < 4.78 is 5.85. The molecule has 2 aliphatic carbocycles. The molecule has 1 atom stereocenters. The second-order valence-electron chi connectivity index (χ2n) is 9.14. The van der Waals surface area contributed by atoms with Crippen LogP contribution >= 0.6 is 0 Å². The van der Waals surface area contributed by atoms with Gasteiger partial charge in [-0.1, -0.05) is 0 Å². The molecule has 9 heteroatoms. The van der Waals surface area contributed by atoms with Gasteiger partial charge in [0.05, 0.1) is 11.6 Å². The molecule has 0 aromatic carbocycles. The van der Waals surface area contributed by atoms with Gasteiger partial charge in [0.1, 0.15) is 11.7 Å². The SMILES string of the molecule is CNC(CC(C)(C)O)C(=O)N(C=O)C1CC2(CC(Oc3ncccc3C(N)=O)C2)C1. The first-order chi connectivity index (χ1) is 14.1. The van der Waals surface area contributed by atoms with Gasteiger partial charge in [0.2, 0.25) is 18.2 Å². The van der Waals surface area contributed by atoms with Gasteiger partial charge in [-0.05, 0) is 70.5 Å². The molecule has 0 saturated heterocycles. The Morgan fingerprint density at radius 1 is 1.43 bits per heavy atom. The summed E-state index contributed by atoms with van der Waals surface area (Å²) in [6, 6.07) is 2.44. The molecule has 0 radical (unpaired) electrons. The second kappa shape index (κ2) is 8.31. The van der Waals surface area contributed by atoms with Crippen molar-refractivity contribution in [3.63, 3.8) is 0 Å². The van der Waals surface area contributed by atoms with Crippen molar-refractivity contribution in [3.8, 4) is 5.88 Å². The van der Waals surface area contributed by atoms with E-state index in [0.717, 1.165) is 25.7 Å². The number of nitrogens with one attached hydrogen (secondary N) is 1. The molecule has 4 N–H and O–H groups in total. The summed E-state index contributed by atoms with van der Waals surface area (Å²) >= 11 is 0. The molecule has 30 heavy (non-hydrogen) atoms. The zero-order chi connectivity index (χ0) is 22.1. The summed E-state index contributed by atoms with van der Waals surface area (Å²) in [7, 11) is 1.64. The minimum absolute atomic E-state index is 0.0456. The van der Waals surface area contributed by atoms with Crippen LogP contribution in [-0.4, -0.2) is 64.1 Å². The number of nitrogens with zero attached hydrogens (tertiary/aromatic N) is 2. The number of carbonyl (C=O) groups is 3. The van der Waals surface area contributed by atoms with E-state index in [9.17, 15) is 19.5 Å². The smallest absolute Gasteiger partial charge is 0.254 e. The maximum absolute atomic E-state index is 12.8. The number of rotatable bonds is 9. The van der Waals surface area contributed by atoms with E-state index in [0.29, 0.717) is 6.41 Å². The Morgan fingerprint density at radius 2 is 2.10 bits per heavy atom. The first-order valence-corrected chi connectivity index (χ1v) is 10.2. The fraction of sp³-hybridized carbons (Fsp3) is 0.619. The van der Waals surface area contributed by atoms with Crippen LogP contribution in [0.2, 0.25) is 0 Å². The summed E-state index contributed by atoms with van der Waals surface area (Å²) in [4.78, 5) is 41.3. The number of ether oxygens (including phenoxy) is 1. The molecule has 3 rings (SSSR count). The Bertz CT molecular complexity index is 808. The number of aliphatic hydroxyl groups is 1. The van der Waals surface area contributed by atoms with Gasteiger partial charge in [-0.2, -0.15) is 0 Å². The third-order valence-electron chi connectivity index (χ3n) is 6.09. The van der Waals surface area contributed by atoms with E-state index in [1.807, 2.05) is 0 Å². The van der Waals surface area contributed by atoms with E-state index in [4.69, 9.17) is 10.5 Å². The highest BCUT2D eigenvalue weighted by molar-refractivity contribution is 5.95. The molecule has 2 saturated carbocycles. The predicted octanol–water partition coefficient (Wildman–Crippen LogP) is 0.605. The van der Waals surface area contributed by atoms with Gasteiger partial charge in [0.25, 0.3) is 5.91 Å². The Kier molecular flexibility index (Phi) is 6.14. The quantitative estimate of drug-likeness (QED) is 0.500. The number of hydrogen-bond acceptors (Lipinski definition) is 7. The Hall–Kier alpha value is -2.52. The number of hydrogen-bond donors (Lipinski definition) is 3. The maximum Gasteiger partial charge on any atom is 0.254 e. The van der Waals surface area contributed by atoms with E-state index in [-0.39, 0.29) is 41.3 Å². The Morgan fingerprint density at radius 3 is 2.63 bits per heavy atom. The van der Waals surface area contributed by atoms with Gasteiger partial charge in [-0.25, -0.2) is 4.98 Å². The number of primary amides is 1. The van der Waals surface area contributed by atoms with Crippen LogP contribution in [-0.2, 0) is 9.59 Å². The number of imide groups is 1. The van der Waals surface area contributed by atoms with E-state index >= 15 is 0 Å². The van der Waals surface area contributed by atoms with Crippen molar-refractivity contribution >= 4 is 18.2 Å². The minimum Gasteiger partial charge on any atom is -0.474 e. The van der Waals surface area contributed by atoms with Gasteiger partial charge >= 0.3 is 0 Å². The molecular weight excluding hydrogens is 388 g/mol. The molecule has 9 nitrogen and oxygen atoms in total. The zero-order valence-corrected chi connectivity index (χ0v) is 17.6. The fourth-order valence-corrected chi connectivity index (χ4v) is 4.60. The summed E-state index contributed by atoms with van der Waals surface area (Å²) in [5.74, 6) is -0.656. The molecule has 2 fully saturated rings. The summed E-state index contributed by atoms with van der Waals surface area (Å²) in [5.41, 5.74) is 4.64. The molecular formula is C21H30N4O5. The van der Waals surface area contributed by atoms with Gasteiger partial charge in [0, 0.05) is 12.2 Å². The second-order valence-corrected chi connectivity index (χ2v) is 9.14. The van der Waals surface area contributed by atoms with Crippen LogP contribution in [0.15, 0.2) is 18.3 Å². The lowest BCUT2D eigenvalue weighted by atomic mass is 9.52. The Labute approximate surface area is 176 Å². The summed E-state index contributed by atoms with van der Waals surface area (Å²) in [6.45, 7) is 3.27. The zero-order valence-electron chi connectivity index (χ0n) is 17.6. The van der Waals surface area contributed by atoms with Crippen LogP contribution in [0.3, 0.4) is 0 Å².